The second-order valence-electron chi connectivity index (χ2n) is 3.99. The molecule has 0 N–H and O–H groups in total. The number of cyclic esters (lactones) is 2. The van der Waals surface area contributed by atoms with Gasteiger partial charge in [-0.2, -0.15) is 0 Å². The minimum absolute atomic E-state index is 0.223. The Morgan fingerprint density at radius 1 is 1.31 bits per heavy atom. The molecule has 1 heterocycles. The Morgan fingerprint density at radius 2 is 2.12 bits per heavy atom. The average Bonchev–Trinajstić information content (AvgIpc) is 2.26. The predicted molar refractivity (Wildman–Crippen MR) is 59.2 cm³/mol. The molecule has 0 saturated heterocycles. The van der Waals surface area contributed by atoms with Gasteiger partial charge in [0.05, 0.1) is 12.0 Å². The van der Waals surface area contributed by atoms with Gasteiger partial charge < -0.3 is 4.74 Å². The number of carbonyl (C=O) groups excluding carboxylic acids is 2. The first-order chi connectivity index (χ1) is 7.72. The Hall–Kier alpha value is -1.64. The normalized spacial score (nSPS) is 14.6. The van der Waals surface area contributed by atoms with Crippen LogP contribution in [-0.4, -0.2) is 11.9 Å². The van der Waals surface area contributed by atoms with Gasteiger partial charge in [0.15, 0.2) is 0 Å². The highest BCUT2D eigenvalue weighted by atomic mass is 16.6. The summed E-state index contributed by atoms with van der Waals surface area (Å²) in [5.74, 6) is -0.953. The fourth-order valence-corrected chi connectivity index (χ4v) is 1.97. The summed E-state index contributed by atoms with van der Waals surface area (Å²) in [4.78, 5) is 22.7. The molecular formula is C13H14O3. The Kier molecular flexibility index (Phi) is 3.04. The molecule has 0 bridgehead atoms. The molecule has 1 aliphatic heterocycles. The zero-order chi connectivity index (χ0) is 11.5. The standard InChI is InChI=1S/C13H14O3/c1-2-3-5-9-6-4-7-10-11(9)8-12(14)16-13(10)15/h4,6-7H,2-3,5,8H2,1H3. The topological polar surface area (TPSA) is 43.4 Å². The molecule has 0 aromatic heterocycles. The fraction of sp³-hybridized carbons (Fsp3) is 0.385. The van der Waals surface area contributed by atoms with Gasteiger partial charge in [-0.05, 0) is 30.0 Å². The third kappa shape index (κ3) is 1.98. The Balaban J connectivity index is 2.37. The lowest BCUT2D eigenvalue weighted by Crippen LogP contribution is -2.24. The lowest BCUT2D eigenvalue weighted by Gasteiger charge is -2.17. The van der Waals surface area contributed by atoms with Crippen LogP contribution in [0.3, 0.4) is 0 Å². The lowest BCUT2D eigenvalue weighted by molar-refractivity contribution is -0.137. The van der Waals surface area contributed by atoms with Crippen molar-refractivity contribution in [1.29, 1.82) is 0 Å². The molecule has 0 amide bonds. The number of rotatable bonds is 3. The first kappa shape index (κ1) is 10.9. The lowest BCUT2D eigenvalue weighted by atomic mass is 9.93. The van der Waals surface area contributed by atoms with E-state index in [1.54, 1.807) is 6.07 Å². The van der Waals surface area contributed by atoms with Crippen molar-refractivity contribution >= 4 is 11.9 Å². The Morgan fingerprint density at radius 3 is 2.88 bits per heavy atom. The molecule has 0 atom stereocenters. The molecule has 3 heteroatoms. The summed E-state index contributed by atoms with van der Waals surface area (Å²) in [7, 11) is 0. The van der Waals surface area contributed by atoms with Gasteiger partial charge in [0, 0.05) is 0 Å². The summed E-state index contributed by atoms with van der Waals surface area (Å²) in [6, 6.07) is 5.56. The number of carbonyl (C=O) groups is 2. The summed E-state index contributed by atoms with van der Waals surface area (Å²) in [6.07, 6.45) is 3.31. The van der Waals surface area contributed by atoms with Crippen LogP contribution in [0.2, 0.25) is 0 Å². The van der Waals surface area contributed by atoms with Gasteiger partial charge >= 0.3 is 11.9 Å². The van der Waals surface area contributed by atoms with Gasteiger partial charge in [0.1, 0.15) is 0 Å². The van der Waals surface area contributed by atoms with E-state index in [0.717, 1.165) is 30.4 Å². The summed E-state index contributed by atoms with van der Waals surface area (Å²) < 4.78 is 4.59. The van der Waals surface area contributed by atoms with E-state index >= 15 is 0 Å². The monoisotopic (exact) mass is 218 g/mol. The number of fused-ring (bicyclic) bond motifs is 1. The largest absolute Gasteiger partial charge is 0.389 e. The van der Waals surface area contributed by atoms with Crippen molar-refractivity contribution in [1.82, 2.24) is 0 Å². The molecule has 0 unspecified atom stereocenters. The van der Waals surface area contributed by atoms with E-state index in [9.17, 15) is 9.59 Å². The molecule has 2 rings (SSSR count). The second-order valence-corrected chi connectivity index (χ2v) is 3.99. The highest BCUT2D eigenvalue weighted by Gasteiger charge is 2.26. The van der Waals surface area contributed by atoms with Gasteiger partial charge in [-0.1, -0.05) is 25.5 Å². The van der Waals surface area contributed by atoms with E-state index < -0.39 is 11.9 Å². The Labute approximate surface area is 94.4 Å². The quantitative estimate of drug-likeness (QED) is 0.577. The smallest absolute Gasteiger partial charge is 0.346 e. The van der Waals surface area contributed by atoms with Crippen LogP contribution in [0.15, 0.2) is 18.2 Å². The summed E-state index contributed by atoms with van der Waals surface area (Å²) in [6.45, 7) is 2.12. The van der Waals surface area contributed by atoms with Crippen molar-refractivity contribution in [2.24, 2.45) is 0 Å². The van der Waals surface area contributed by atoms with Crippen LogP contribution in [0.4, 0.5) is 0 Å². The van der Waals surface area contributed by atoms with Crippen molar-refractivity contribution in [2.45, 2.75) is 32.6 Å². The molecule has 1 aromatic carbocycles. The molecule has 1 aromatic rings. The van der Waals surface area contributed by atoms with Crippen molar-refractivity contribution in [2.75, 3.05) is 0 Å². The maximum absolute atomic E-state index is 11.5. The van der Waals surface area contributed by atoms with E-state index in [-0.39, 0.29) is 6.42 Å². The molecule has 0 aliphatic carbocycles. The Bertz CT molecular complexity index is 435. The average molecular weight is 218 g/mol. The third-order valence-electron chi connectivity index (χ3n) is 2.82. The van der Waals surface area contributed by atoms with Crippen molar-refractivity contribution < 1.29 is 14.3 Å². The number of esters is 2. The summed E-state index contributed by atoms with van der Waals surface area (Å²) in [5, 5.41) is 0. The van der Waals surface area contributed by atoms with Gasteiger partial charge in [-0.3, -0.25) is 4.79 Å². The molecule has 0 fully saturated rings. The molecule has 16 heavy (non-hydrogen) atoms. The van der Waals surface area contributed by atoms with Crippen LogP contribution >= 0.6 is 0 Å². The van der Waals surface area contributed by atoms with Gasteiger partial charge in [-0.25, -0.2) is 4.79 Å². The van der Waals surface area contributed by atoms with E-state index in [4.69, 9.17) is 0 Å². The minimum atomic E-state index is -0.510. The van der Waals surface area contributed by atoms with Crippen LogP contribution in [0, 0.1) is 0 Å². The SMILES string of the molecule is CCCCc1cccc2c1CC(=O)OC2=O. The maximum Gasteiger partial charge on any atom is 0.346 e. The third-order valence-corrected chi connectivity index (χ3v) is 2.82. The zero-order valence-corrected chi connectivity index (χ0v) is 9.29. The van der Waals surface area contributed by atoms with Crippen LogP contribution in [0.5, 0.6) is 0 Å². The van der Waals surface area contributed by atoms with E-state index in [2.05, 4.69) is 11.7 Å². The molecular weight excluding hydrogens is 204 g/mol. The van der Waals surface area contributed by atoms with Gasteiger partial charge in [-0.15, -0.1) is 0 Å². The summed E-state index contributed by atoms with van der Waals surface area (Å²) >= 11 is 0. The van der Waals surface area contributed by atoms with E-state index in [1.165, 1.54) is 0 Å². The number of hydrogen-bond acceptors (Lipinski definition) is 3. The number of hydrogen-bond donors (Lipinski definition) is 0. The van der Waals surface area contributed by atoms with Crippen LogP contribution in [0.25, 0.3) is 0 Å². The molecule has 84 valence electrons. The number of unbranched alkanes of at least 4 members (excludes halogenated alkanes) is 1. The number of ether oxygens (including phenoxy) is 1. The molecule has 0 radical (unpaired) electrons. The van der Waals surface area contributed by atoms with Crippen molar-refractivity contribution in [3.63, 3.8) is 0 Å². The predicted octanol–water partition coefficient (Wildman–Crippen LogP) is 2.27. The molecule has 0 saturated carbocycles. The van der Waals surface area contributed by atoms with Gasteiger partial charge in [0.25, 0.3) is 0 Å². The van der Waals surface area contributed by atoms with Crippen LogP contribution in [0.1, 0.15) is 41.3 Å². The minimum Gasteiger partial charge on any atom is -0.389 e. The zero-order valence-electron chi connectivity index (χ0n) is 9.29. The van der Waals surface area contributed by atoms with Crippen LogP contribution < -0.4 is 0 Å². The van der Waals surface area contributed by atoms with Crippen LogP contribution in [-0.2, 0) is 22.4 Å². The fourth-order valence-electron chi connectivity index (χ4n) is 1.97. The summed E-state index contributed by atoms with van der Waals surface area (Å²) in [5.41, 5.74) is 2.51. The highest BCUT2D eigenvalue weighted by Crippen LogP contribution is 2.22. The van der Waals surface area contributed by atoms with Gasteiger partial charge in [0.2, 0.25) is 0 Å². The number of benzene rings is 1. The molecule has 1 aliphatic rings. The van der Waals surface area contributed by atoms with E-state index in [1.807, 2.05) is 12.1 Å². The number of aryl methyl sites for hydroxylation is 1. The van der Waals surface area contributed by atoms with Crippen molar-refractivity contribution in [3.8, 4) is 0 Å². The second kappa shape index (κ2) is 4.47. The van der Waals surface area contributed by atoms with E-state index in [0.29, 0.717) is 5.56 Å². The highest BCUT2D eigenvalue weighted by molar-refractivity contribution is 6.02. The first-order valence-electron chi connectivity index (χ1n) is 5.58. The maximum atomic E-state index is 11.5. The molecule has 0 spiro atoms. The molecule has 3 nitrogen and oxygen atoms in total. The van der Waals surface area contributed by atoms with Crippen molar-refractivity contribution in [3.05, 3.63) is 34.9 Å². The first-order valence-corrected chi connectivity index (χ1v) is 5.58.